The molecule has 0 aliphatic carbocycles. The third-order valence-corrected chi connectivity index (χ3v) is 10.1. The topological polar surface area (TPSA) is 66.8 Å². The summed E-state index contributed by atoms with van der Waals surface area (Å²) in [6, 6.07) is 26.0. The van der Waals surface area contributed by atoms with Crippen LogP contribution in [0.2, 0.25) is 0 Å². The third-order valence-electron chi connectivity index (χ3n) is 7.12. The standard InChI is InChI=1S/C27H28BrNO4S/c1-18-13-15-21(16-14-18)34(31,32)29-17-22-23(25(29)19-9-5-3-6-10-19)24(28)26(33-27(22,2)30)20-11-7-4-8-12-20/h3-16,22-26,30H,17H2,1-2H3/t22-,23+,24?,25+,26?,27?/m0/s1. The predicted octanol–water partition coefficient (Wildman–Crippen LogP) is 5.22. The number of hydrogen-bond donors (Lipinski definition) is 1. The molecule has 0 radical (unpaired) electrons. The van der Waals surface area contributed by atoms with Gasteiger partial charge in [-0.25, -0.2) is 8.42 Å². The molecule has 3 aromatic rings. The maximum absolute atomic E-state index is 13.9. The van der Waals surface area contributed by atoms with Gasteiger partial charge in [0.2, 0.25) is 10.0 Å². The van der Waals surface area contributed by atoms with Crippen molar-refractivity contribution in [3.8, 4) is 0 Å². The van der Waals surface area contributed by atoms with E-state index >= 15 is 0 Å². The lowest BCUT2D eigenvalue weighted by Gasteiger charge is -2.47. The maximum atomic E-state index is 13.9. The maximum Gasteiger partial charge on any atom is 0.243 e. The highest BCUT2D eigenvalue weighted by molar-refractivity contribution is 9.09. The Hall–Kier alpha value is -2.03. The zero-order valence-corrected chi connectivity index (χ0v) is 21.5. The van der Waals surface area contributed by atoms with E-state index in [1.807, 2.05) is 79.7 Å². The van der Waals surface area contributed by atoms with Gasteiger partial charge in [-0.3, -0.25) is 0 Å². The summed E-state index contributed by atoms with van der Waals surface area (Å²) in [5, 5.41) is 11.5. The summed E-state index contributed by atoms with van der Waals surface area (Å²) in [5.74, 6) is -2.13. The van der Waals surface area contributed by atoms with Crippen LogP contribution in [-0.2, 0) is 14.8 Å². The molecule has 5 nitrogen and oxygen atoms in total. The van der Waals surface area contributed by atoms with E-state index in [0.29, 0.717) is 0 Å². The van der Waals surface area contributed by atoms with Gasteiger partial charge in [0.15, 0.2) is 5.79 Å². The lowest BCUT2D eigenvalue weighted by atomic mass is 9.76. The molecule has 7 heteroatoms. The summed E-state index contributed by atoms with van der Waals surface area (Å²) in [4.78, 5) is 0.0486. The number of alkyl halides is 1. The second-order valence-corrected chi connectivity index (χ2v) is 12.3. The average molecular weight is 542 g/mol. The molecule has 0 spiro atoms. The van der Waals surface area contributed by atoms with E-state index in [1.54, 1.807) is 23.4 Å². The Morgan fingerprint density at radius 1 is 0.941 bits per heavy atom. The van der Waals surface area contributed by atoms with Crippen molar-refractivity contribution in [2.75, 3.05) is 6.54 Å². The zero-order valence-electron chi connectivity index (χ0n) is 19.1. The molecule has 0 amide bonds. The molecule has 3 aromatic carbocycles. The molecule has 1 N–H and O–H groups in total. The van der Waals surface area contributed by atoms with Crippen LogP contribution in [0.4, 0.5) is 0 Å². The molecule has 2 aliphatic rings. The lowest BCUT2D eigenvalue weighted by molar-refractivity contribution is -0.279. The molecule has 6 atom stereocenters. The van der Waals surface area contributed by atoms with Crippen LogP contribution in [0, 0.1) is 18.8 Å². The Kier molecular flexibility index (Phi) is 6.19. The number of aliphatic hydroxyl groups is 1. The van der Waals surface area contributed by atoms with Crippen molar-refractivity contribution in [1.82, 2.24) is 4.31 Å². The van der Waals surface area contributed by atoms with E-state index in [0.717, 1.165) is 16.7 Å². The van der Waals surface area contributed by atoms with Crippen molar-refractivity contribution in [2.45, 2.75) is 41.5 Å². The number of sulfonamides is 1. The van der Waals surface area contributed by atoms with Crippen molar-refractivity contribution in [1.29, 1.82) is 0 Å². The Bertz CT molecular complexity index is 1250. The Balaban J connectivity index is 1.63. The summed E-state index contributed by atoms with van der Waals surface area (Å²) in [7, 11) is -3.82. The fraction of sp³-hybridized carbons (Fsp3) is 0.333. The van der Waals surface area contributed by atoms with E-state index in [-0.39, 0.29) is 22.2 Å². The predicted molar refractivity (Wildman–Crippen MR) is 135 cm³/mol. The molecule has 2 aliphatic heterocycles. The molecule has 0 aromatic heterocycles. The summed E-state index contributed by atoms with van der Waals surface area (Å²) >= 11 is 3.89. The van der Waals surface area contributed by atoms with E-state index in [9.17, 15) is 13.5 Å². The first-order valence-electron chi connectivity index (χ1n) is 11.4. The summed E-state index contributed by atoms with van der Waals surface area (Å²) < 4.78 is 35.7. The highest BCUT2D eigenvalue weighted by Crippen LogP contribution is 2.57. The summed E-state index contributed by atoms with van der Waals surface area (Å²) in [6.45, 7) is 3.75. The molecule has 0 bridgehead atoms. The van der Waals surface area contributed by atoms with Crippen molar-refractivity contribution in [3.63, 3.8) is 0 Å². The van der Waals surface area contributed by atoms with Gasteiger partial charge in [-0.1, -0.05) is 94.3 Å². The number of halogens is 1. The smallest absolute Gasteiger partial charge is 0.243 e. The third kappa shape index (κ3) is 4.03. The lowest BCUT2D eigenvalue weighted by Crippen LogP contribution is -2.52. The van der Waals surface area contributed by atoms with E-state index in [1.165, 1.54) is 0 Å². The number of fused-ring (bicyclic) bond motifs is 1. The van der Waals surface area contributed by atoms with Gasteiger partial charge in [-0.2, -0.15) is 4.31 Å². The van der Waals surface area contributed by atoms with Crippen molar-refractivity contribution < 1.29 is 18.3 Å². The first kappa shape index (κ1) is 23.7. The van der Waals surface area contributed by atoms with Gasteiger partial charge >= 0.3 is 0 Å². The van der Waals surface area contributed by atoms with Crippen LogP contribution in [0.25, 0.3) is 0 Å². The van der Waals surface area contributed by atoms with E-state index < -0.39 is 33.9 Å². The van der Waals surface area contributed by atoms with Crippen molar-refractivity contribution >= 4 is 26.0 Å². The van der Waals surface area contributed by atoms with Gasteiger partial charge in [0, 0.05) is 18.4 Å². The van der Waals surface area contributed by atoms with Crippen LogP contribution in [0.15, 0.2) is 89.8 Å². The zero-order chi connectivity index (χ0) is 24.1. The first-order valence-corrected chi connectivity index (χ1v) is 13.8. The number of ether oxygens (including phenoxy) is 1. The Morgan fingerprint density at radius 2 is 1.50 bits per heavy atom. The SMILES string of the molecule is Cc1ccc(S(=O)(=O)N2C[C@H]3[C@H](C(Br)C(c4ccccc4)OC3(C)O)[C@H]2c2ccccc2)cc1. The summed E-state index contributed by atoms with van der Waals surface area (Å²) in [6.07, 6.45) is -0.425. The Morgan fingerprint density at radius 3 is 2.09 bits per heavy atom. The molecule has 2 heterocycles. The van der Waals surface area contributed by atoms with Gasteiger partial charge in [0.05, 0.1) is 21.9 Å². The van der Waals surface area contributed by atoms with Gasteiger partial charge in [-0.15, -0.1) is 0 Å². The quantitative estimate of drug-likeness (QED) is 0.460. The number of hydrogen-bond acceptors (Lipinski definition) is 4. The van der Waals surface area contributed by atoms with Crippen molar-refractivity contribution in [2.24, 2.45) is 11.8 Å². The fourth-order valence-electron chi connectivity index (χ4n) is 5.40. The molecule has 34 heavy (non-hydrogen) atoms. The van der Waals surface area contributed by atoms with Gasteiger partial charge < -0.3 is 9.84 Å². The molecule has 2 fully saturated rings. The average Bonchev–Trinajstić information content (AvgIpc) is 3.26. The van der Waals surface area contributed by atoms with Crippen LogP contribution in [0.1, 0.15) is 35.8 Å². The van der Waals surface area contributed by atoms with Crippen LogP contribution >= 0.6 is 15.9 Å². The second-order valence-electron chi connectivity index (χ2n) is 9.38. The van der Waals surface area contributed by atoms with Crippen molar-refractivity contribution in [3.05, 3.63) is 102 Å². The molecular weight excluding hydrogens is 514 g/mol. The molecule has 3 unspecified atom stereocenters. The minimum Gasteiger partial charge on any atom is -0.365 e. The highest BCUT2D eigenvalue weighted by atomic mass is 79.9. The molecule has 178 valence electrons. The number of rotatable bonds is 4. The second kappa shape index (κ2) is 8.88. The Labute approximate surface area is 209 Å². The minimum absolute atomic E-state index is 0.164. The highest BCUT2D eigenvalue weighted by Gasteiger charge is 2.61. The van der Waals surface area contributed by atoms with Crippen LogP contribution in [-0.4, -0.2) is 35.0 Å². The molecule has 2 saturated heterocycles. The van der Waals surface area contributed by atoms with Gasteiger partial charge in [0.1, 0.15) is 0 Å². The summed E-state index contributed by atoms with van der Waals surface area (Å²) in [5.41, 5.74) is 2.84. The van der Waals surface area contributed by atoms with Gasteiger partial charge in [-0.05, 0) is 37.1 Å². The molecule has 5 rings (SSSR count). The van der Waals surface area contributed by atoms with E-state index in [4.69, 9.17) is 4.74 Å². The minimum atomic E-state index is -3.82. The van der Waals surface area contributed by atoms with Gasteiger partial charge in [0.25, 0.3) is 0 Å². The largest absolute Gasteiger partial charge is 0.365 e. The van der Waals surface area contributed by atoms with E-state index in [2.05, 4.69) is 15.9 Å². The van der Waals surface area contributed by atoms with Crippen LogP contribution < -0.4 is 0 Å². The first-order chi connectivity index (χ1) is 16.2. The van der Waals surface area contributed by atoms with Crippen LogP contribution in [0.5, 0.6) is 0 Å². The number of nitrogens with zero attached hydrogens (tertiary/aromatic N) is 1. The molecular formula is C27H28BrNO4S. The number of aryl methyl sites for hydroxylation is 1. The molecule has 0 saturated carbocycles. The van der Waals surface area contributed by atoms with Crippen LogP contribution in [0.3, 0.4) is 0 Å². The monoisotopic (exact) mass is 541 g/mol. The number of benzene rings is 3. The fourth-order valence-corrected chi connectivity index (χ4v) is 8.14. The normalized spacial score (nSPS) is 31.8.